The number of carbonyl (C=O) groups excluding carboxylic acids is 2. The third kappa shape index (κ3) is 4.22. The zero-order valence-electron chi connectivity index (χ0n) is 20.7. The van der Waals surface area contributed by atoms with Gasteiger partial charge in [-0.25, -0.2) is 9.37 Å². The lowest BCUT2D eigenvalue weighted by Crippen LogP contribution is -2.29. The van der Waals surface area contributed by atoms with Crippen molar-refractivity contribution >= 4 is 44.1 Å². The number of fused-ring (bicyclic) bond motifs is 1. The number of benzene rings is 3. The fourth-order valence-electron chi connectivity index (χ4n) is 4.47. The standard InChI is InChI=1S/C28H23FN2O6S/c1-4-37-17-12-13-19-21(14-17)38-28(30-19)31-23(18-6-5-7-20(35-2)26(18)36-3)22(25(33)27(31)34)24(32)15-8-10-16(29)11-9-15/h5-14,23,32H,4H2,1-3H3/b24-22+/t23-/m0/s1. The molecule has 3 aromatic carbocycles. The Bertz CT molecular complexity index is 1580. The number of rotatable bonds is 7. The number of amides is 1. The predicted octanol–water partition coefficient (Wildman–Crippen LogP) is 5.48. The van der Waals surface area contributed by atoms with Crippen LogP contribution < -0.4 is 19.1 Å². The SMILES string of the molecule is CCOc1ccc2nc(N3C(=O)C(=O)/C(=C(/O)c4ccc(F)cc4)[C@@H]3c3cccc(OC)c3OC)sc2c1. The average Bonchev–Trinajstić information content (AvgIpc) is 3.45. The summed E-state index contributed by atoms with van der Waals surface area (Å²) in [5, 5.41) is 11.5. The molecule has 0 radical (unpaired) electrons. The second-order valence-corrected chi connectivity index (χ2v) is 9.33. The van der Waals surface area contributed by atoms with Gasteiger partial charge in [-0.3, -0.25) is 14.5 Å². The minimum atomic E-state index is -1.10. The van der Waals surface area contributed by atoms with E-state index in [-0.39, 0.29) is 22.0 Å². The van der Waals surface area contributed by atoms with Crippen LogP contribution in [0.25, 0.3) is 16.0 Å². The number of thiazole rings is 1. The van der Waals surface area contributed by atoms with E-state index in [1.165, 1.54) is 42.6 Å². The van der Waals surface area contributed by atoms with Crippen LogP contribution in [-0.4, -0.2) is 42.6 Å². The minimum Gasteiger partial charge on any atom is -0.507 e. The first kappa shape index (κ1) is 25.2. The van der Waals surface area contributed by atoms with Crippen LogP contribution in [-0.2, 0) is 9.59 Å². The number of aromatic nitrogens is 1. The maximum atomic E-state index is 13.6. The minimum absolute atomic E-state index is 0.178. The molecule has 0 bridgehead atoms. The molecule has 1 fully saturated rings. The highest BCUT2D eigenvalue weighted by atomic mass is 32.1. The quantitative estimate of drug-likeness (QED) is 0.191. The number of methoxy groups -OCH3 is 2. The number of nitrogens with zero attached hydrogens (tertiary/aromatic N) is 2. The van der Waals surface area contributed by atoms with Crippen molar-refractivity contribution < 1.29 is 33.3 Å². The summed E-state index contributed by atoms with van der Waals surface area (Å²) >= 11 is 1.21. The summed E-state index contributed by atoms with van der Waals surface area (Å²) in [7, 11) is 2.92. The van der Waals surface area contributed by atoms with Gasteiger partial charge in [0, 0.05) is 11.1 Å². The fraction of sp³-hybridized carbons (Fsp3) is 0.179. The molecule has 8 nitrogen and oxygen atoms in total. The Labute approximate surface area is 221 Å². The number of aliphatic hydroxyl groups excluding tert-OH is 1. The van der Waals surface area contributed by atoms with Gasteiger partial charge in [-0.2, -0.15) is 0 Å². The monoisotopic (exact) mass is 534 g/mol. The molecule has 2 heterocycles. The van der Waals surface area contributed by atoms with Gasteiger partial charge in [0.05, 0.1) is 36.6 Å². The molecule has 38 heavy (non-hydrogen) atoms. The van der Waals surface area contributed by atoms with Crippen molar-refractivity contribution in [2.45, 2.75) is 13.0 Å². The van der Waals surface area contributed by atoms with Gasteiger partial charge in [-0.15, -0.1) is 0 Å². The number of hydrogen-bond donors (Lipinski definition) is 1. The summed E-state index contributed by atoms with van der Waals surface area (Å²) in [6.45, 7) is 2.37. The predicted molar refractivity (Wildman–Crippen MR) is 142 cm³/mol. The number of halogens is 1. The zero-order valence-corrected chi connectivity index (χ0v) is 21.5. The van der Waals surface area contributed by atoms with Crippen molar-refractivity contribution in [3.63, 3.8) is 0 Å². The first-order valence-electron chi connectivity index (χ1n) is 11.7. The highest BCUT2D eigenvalue weighted by Crippen LogP contribution is 2.48. The third-order valence-corrected chi connectivity index (χ3v) is 7.17. The van der Waals surface area contributed by atoms with Crippen LogP contribution >= 0.6 is 11.3 Å². The van der Waals surface area contributed by atoms with E-state index in [1.54, 1.807) is 30.3 Å². The Morgan fingerprint density at radius 3 is 2.53 bits per heavy atom. The van der Waals surface area contributed by atoms with Crippen molar-refractivity contribution in [3.05, 3.63) is 83.2 Å². The molecule has 0 saturated carbocycles. The zero-order chi connectivity index (χ0) is 27.0. The Morgan fingerprint density at radius 1 is 1.08 bits per heavy atom. The van der Waals surface area contributed by atoms with E-state index in [2.05, 4.69) is 4.98 Å². The molecule has 1 amide bonds. The summed E-state index contributed by atoms with van der Waals surface area (Å²) in [6, 6.07) is 14.3. The molecule has 1 aliphatic heterocycles. The van der Waals surface area contributed by atoms with Gasteiger partial charge >= 0.3 is 5.91 Å². The topological polar surface area (TPSA) is 98.2 Å². The molecule has 0 unspecified atom stereocenters. The van der Waals surface area contributed by atoms with Crippen molar-refractivity contribution in [2.75, 3.05) is 25.7 Å². The number of anilines is 1. The number of ether oxygens (including phenoxy) is 3. The van der Waals surface area contributed by atoms with Gasteiger partial charge in [-0.1, -0.05) is 23.5 Å². The lowest BCUT2D eigenvalue weighted by molar-refractivity contribution is -0.132. The molecule has 1 aromatic heterocycles. The van der Waals surface area contributed by atoms with Crippen molar-refractivity contribution in [2.24, 2.45) is 0 Å². The largest absolute Gasteiger partial charge is 0.507 e. The summed E-state index contributed by atoms with van der Waals surface area (Å²) in [5.74, 6) is -1.41. The molecule has 1 atom stereocenters. The number of hydrogen-bond acceptors (Lipinski definition) is 8. The maximum Gasteiger partial charge on any atom is 0.301 e. The molecule has 0 aliphatic carbocycles. The van der Waals surface area contributed by atoms with E-state index in [0.717, 1.165) is 16.8 Å². The molecule has 1 N–H and O–H groups in total. The van der Waals surface area contributed by atoms with Crippen LogP contribution in [0.3, 0.4) is 0 Å². The summed E-state index contributed by atoms with van der Waals surface area (Å²) in [6.07, 6.45) is 0. The number of carbonyl (C=O) groups is 2. The Balaban J connectivity index is 1.75. The molecule has 0 spiro atoms. The van der Waals surface area contributed by atoms with Gasteiger partial charge in [0.15, 0.2) is 16.6 Å². The number of para-hydroxylation sites is 1. The van der Waals surface area contributed by atoms with Gasteiger partial charge in [0.2, 0.25) is 0 Å². The van der Waals surface area contributed by atoms with Crippen LogP contribution in [0, 0.1) is 5.82 Å². The first-order valence-corrected chi connectivity index (χ1v) is 12.5. The summed E-state index contributed by atoms with van der Waals surface area (Å²) in [5.41, 5.74) is 1.03. The average molecular weight is 535 g/mol. The van der Waals surface area contributed by atoms with E-state index in [1.807, 2.05) is 13.0 Å². The van der Waals surface area contributed by atoms with Gasteiger partial charge in [0.1, 0.15) is 23.4 Å². The molecule has 1 aliphatic rings. The summed E-state index contributed by atoms with van der Waals surface area (Å²) in [4.78, 5) is 32.9. The van der Waals surface area contributed by atoms with Crippen molar-refractivity contribution in [1.29, 1.82) is 0 Å². The number of aliphatic hydroxyl groups is 1. The molecule has 4 aromatic rings. The summed E-state index contributed by atoms with van der Waals surface area (Å²) < 4.78 is 31.0. The molecule has 5 rings (SSSR count). The van der Waals surface area contributed by atoms with E-state index in [9.17, 15) is 19.1 Å². The molecule has 10 heteroatoms. The van der Waals surface area contributed by atoms with Gasteiger partial charge in [-0.05, 0) is 55.5 Å². The van der Waals surface area contributed by atoms with Gasteiger partial charge in [0.25, 0.3) is 5.78 Å². The molecule has 194 valence electrons. The Hall–Kier alpha value is -4.44. The molecular weight excluding hydrogens is 511 g/mol. The highest BCUT2D eigenvalue weighted by molar-refractivity contribution is 7.22. The fourth-order valence-corrected chi connectivity index (χ4v) is 5.49. The van der Waals surface area contributed by atoms with E-state index in [4.69, 9.17) is 14.2 Å². The van der Waals surface area contributed by atoms with Crippen LogP contribution in [0.15, 0.2) is 66.2 Å². The van der Waals surface area contributed by atoms with E-state index < -0.39 is 29.3 Å². The van der Waals surface area contributed by atoms with Crippen molar-refractivity contribution in [3.8, 4) is 17.2 Å². The second kappa shape index (κ2) is 10.1. The Morgan fingerprint density at radius 2 is 1.84 bits per heavy atom. The maximum absolute atomic E-state index is 13.6. The van der Waals surface area contributed by atoms with Crippen LogP contribution in [0.2, 0.25) is 0 Å². The first-order chi connectivity index (χ1) is 18.4. The number of ketones is 1. The third-order valence-electron chi connectivity index (χ3n) is 6.16. The number of Topliss-reactive ketones (excluding diaryl/α,β-unsaturated/α-hetero) is 1. The highest BCUT2D eigenvalue weighted by Gasteiger charge is 2.49. The lowest BCUT2D eigenvalue weighted by atomic mass is 9.94. The van der Waals surface area contributed by atoms with Crippen LogP contribution in [0.4, 0.5) is 9.52 Å². The van der Waals surface area contributed by atoms with E-state index >= 15 is 0 Å². The molecular formula is C28H23FN2O6S. The smallest absolute Gasteiger partial charge is 0.301 e. The molecule has 1 saturated heterocycles. The van der Waals surface area contributed by atoms with Gasteiger partial charge < -0.3 is 19.3 Å². The Kier molecular flexibility index (Phi) is 6.73. The van der Waals surface area contributed by atoms with Crippen molar-refractivity contribution in [1.82, 2.24) is 4.98 Å². The lowest BCUT2D eigenvalue weighted by Gasteiger charge is -2.25. The van der Waals surface area contributed by atoms with E-state index in [0.29, 0.717) is 29.2 Å². The van der Waals surface area contributed by atoms with Crippen LogP contribution in [0.1, 0.15) is 24.1 Å². The van der Waals surface area contributed by atoms with Crippen LogP contribution in [0.5, 0.6) is 17.2 Å². The normalized spacial score (nSPS) is 16.7. The second-order valence-electron chi connectivity index (χ2n) is 8.32.